The van der Waals surface area contributed by atoms with Gasteiger partial charge in [-0.05, 0) is 37.1 Å². The van der Waals surface area contributed by atoms with Gasteiger partial charge in [-0.1, -0.05) is 34.8 Å². The predicted molar refractivity (Wildman–Crippen MR) is 122 cm³/mol. The van der Waals surface area contributed by atoms with Crippen molar-refractivity contribution in [3.05, 3.63) is 78.3 Å². The van der Waals surface area contributed by atoms with E-state index in [1.54, 1.807) is 26.0 Å². The summed E-state index contributed by atoms with van der Waals surface area (Å²) in [5.74, 6) is -3.68. The van der Waals surface area contributed by atoms with Crippen molar-refractivity contribution in [3.63, 3.8) is 0 Å². The summed E-state index contributed by atoms with van der Waals surface area (Å²) in [6, 6.07) is 6.02. The summed E-state index contributed by atoms with van der Waals surface area (Å²) < 4.78 is 5.90. The van der Waals surface area contributed by atoms with Crippen LogP contribution in [0.5, 0.6) is 23.0 Å². The van der Waals surface area contributed by atoms with E-state index in [1.807, 2.05) is 0 Å². The molecule has 4 rings (SSSR count). The highest BCUT2D eigenvalue weighted by molar-refractivity contribution is 6.47. The molecular formula is C23H15Cl3O7. The number of ether oxygens (including phenoxy) is 1. The minimum Gasteiger partial charge on any atom is -0.508 e. The third-order valence-electron chi connectivity index (χ3n) is 5.57. The van der Waals surface area contributed by atoms with Crippen molar-refractivity contribution in [3.8, 4) is 23.0 Å². The lowest BCUT2D eigenvalue weighted by molar-refractivity contribution is 0.0651. The molecule has 33 heavy (non-hydrogen) atoms. The van der Waals surface area contributed by atoms with Gasteiger partial charge in [0.25, 0.3) is 0 Å². The molecule has 0 bridgehead atoms. The number of phenols is 2. The van der Waals surface area contributed by atoms with Crippen LogP contribution in [0.2, 0.25) is 15.1 Å². The Bertz CT molecular complexity index is 1320. The van der Waals surface area contributed by atoms with Crippen LogP contribution >= 0.6 is 34.8 Å². The van der Waals surface area contributed by atoms with Gasteiger partial charge in [0.1, 0.15) is 23.0 Å². The molecule has 7 nitrogen and oxygen atoms in total. The number of carboxylic acid groups (broad SMARTS) is 2. The van der Waals surface area contributed by atoms with E-state index in [2.05, 4.69) is 0 Å². The van der Waals surface area contributed by atoms with Crippen LogP contribution in [0.15, 0.2) is 24.3 Å². The van der Waals surface area contributed by atoms with Crippen molar-refractivity contribution in [2.45, 2.75) is 19.8 Å². The molecule has 10 heteroatoms. The van der Waals surface area contributed by atoms with E-state index in [0.29, 0.717) is 22.3 Å². The van der Waals surface area contributed by atoms with Crippen LogP contribution in [0, 0.1) is 13.8 Å². The molecule has 0 saturated heterocycles. The Morgan fingerprint density at radius 3 is 1.61 bits per heavy atom. The number of carbonyl (C=O) groups is 2. The summed E-state index contributed by atoms with van der Waals surface area (Å²) in [5.41, 5.74) is 0.616. The zero-order valence-electron chi connectivity index (χ0n) is 17.0. The third-order valence-corrected chi connectivity index (χ3v) is 6.83. The number of rotatable bonds is 3. The second-order valence-corrected chi connectivity index (χ2v) is 8.74. The monoisotopic (exact) mass is 508 g/mol. The molecular weight excluding hydrogens is 495 g/mol. The summed E-state index contributed by atoms with van der Waals surface area (Å²) in [7, 11) is 0. The fourth-order valence-electron chi connectivity index (χ4n) is 3.96. The average molecular weight is 510 g/mol. The molecule has 3 aromatic rings. The Labute approximate surface area is 202 Å². The standard InChI is InChI=1S/C23H15Cl3O7/c1-7-3-9-13(5-11(7)27)33-14-6-12(28)8(2)4-10(14)15(9)16-19(24)17(22(29)30)18(23(31)32)21(26)20(16)25/h3-6,15,27-28H,1-2H3,(H,29,30)(H,31,32). The van der Waals surface area contributed by atoms with Gasteiger partial charge in [0, 0.05) is 34.7 Å². The number of aromatic hydroxyl groups is 2. The van der Waals surface area contributed by atoms with Gasteiger partial charge in [0.05, 0.1) is 26.2 Å². The Morgan fingerprint density at radius 1 is 0.758 bits per heavy atom. The first-order valence-corrected chi connectivity index (χ1v) is 10.6. The quantitative estimate of drug-likeness (QED) is 0.237. The number of carboxylic acids is 2. The van der Waals surface area contributed by atoms with E-state index in [4.69, 9.17) is 39.5 Å². The number of halogens is 3. The Morgan fingerprint density at radius 2 is 1.18 bits per heavy atom. The number of benzene rings is 3. The second-order valence-electron chi connectivity index (χ2n) is 7.60. The predicted octanol–water partition coefficient (Wildman–Crippen LogP) is 6.36. The van der Waals surface area contributed by atoms with Gasteiger partial charge in [0.15, 0.2) is 0 Å². The Hall–Kier alpha value is -3.13. The average Bonchev–Trinajstić information content (AvgIpc) is 2.72. The molecule has 0 aliphatic carbocycles. The maximum absolute atomic E-state index is 12.0. The van der Waals surface area contributed by atoms with E-state index in [9.17, 15) is 30.0 Å². The molecule has 170 valence electrons. The largest absolute Gasteiger partial charge is 0.508 e. The lowest BCUT2D eigenvalue weighted by atomic mass is 9.80. The van der Waals surface area contributed by atoms with E-state index in [0.717, 1.165) is 0 Å². The molecule has 0 fully saturated rings. The van der Waals surface area contributed by atoms with Gasteiger partial charge >= 0.3 is 11.9 Å². The Balaban J connectivity index is 2.16. The van der Waals surface area contributed by atoms with Crippen molar-refractivity contribution >= 4 is 46.7 Å². The summed E-state index contributed by atoms with van der Waals surface area (Å²) in [6.07, 6.45) is 0. The van der Waals surface area contributed by atoms with Gasteiger partial charge in [-0.3, -0.25) is 0 Å². The van der Waals surface area contributed by atoms with Crippen LogP contribution in [0.1, 0.15) is 54.5 Å². The van der Waals surface area contributed by atoms with E-state index in [1.165, 1.54) is 12.1 Å². The lowest BCUT2D eigenvalue weighted by Crippen LogP contribution is -2.17. The van der Waals surface area contributed by atoms with Gasteiger partial charge in [0.2, 0.25) is 0 Å². The van der Waals surface area contributed by atoms with E-state index in [-0.39, 0.29) is 33.6 Å². The van der Waals surface area contributed by atoms with Gasteiger partial charge in [-0.2, -0.15) is 0 Å². The first kappa shape index (κ1) is 23.0. The molecule has 1 aliphatic heterocycles. The lowest BCUT2D eigenvalue weighted by Gasteiger charge is -2.31. The molecule has 3 aromatic carbocycles. The van der Waals surface area contributed by atoms with Crippen molar-refractivity contribution in [1.29, 1.82) is 0 Å². The molecule has 4 N–H and O–H groups in total. The summed E-state index contributed by atoms with van der Waals surface area (Å²) in [4.78, 5) is 23.8. The summed E-state index contributed by atoms with van der Waals surface area (Å²) in [5, 5.41) is 38.6. The van der Waals surface area contributed by atoms with Crippen LogP contribution in [0.4, 0.5) is 0 Å². The normalized spacial score (nSPS) is 12.6. The van der Waals surface area contributed by atoms with Crippen molar-refractivity contribution in [1.82, 2.24) is 0 Å². The van der Waals surface area contributed by atoms with E-state index < -0.39 is 39.0 Å². The number of hydrogen-bond acceptors (Lipinski definition) is 5. The highest BCUT2D eigenvalue weighted by Crippen LogP contribution is 2.54. The number of phenolic OH excluding ortho intramolecular Hbond substituents is 2. The molecule has 0 radical (unpaired) electrons. The van der Waals surface area contributed by atoms with Crippen molar-refractivity contribution < 1.29 is 34.8 Å². The smallest absolute Gasteiger partial charge is 0.338 e. The summed E-state index contributed by atoms with van der Waals surface area (Å²) in [6.45, 7) is 3.33. The fraction of sp³-hybridized carbons (Fsp3) is 0.130. The molecule has 1 heterocycles. The maximum atomic E-state index is 12.0. The second kappa shape index (κ2) is 8.02. The van der Waals surface area contributed by atoms with Gasteiger partial charge in [-0.15, -0.1) is 0 Å². The molecule has 0 saturated carbocycles. The highest BCUT2D eigenvalue weighted by Gasteiger charge is 2.38. The van der Waals surface area contributed by atoms with Gasteiger partial charge in [-0.25, -0.2) is 9.59 Å². The molecule has 0 aromatic heterocycles. The molecule has 0 atom stereocenters. The first-order chi connectivity index (χ1) is 15.4. The van der Waals surface area contributed by atoms with Gasteiger partial charge < -0.3 is 25.2 Å². The number of fused-ring (bicyclic) bond motifs is 2. The molecule has 0 spiro atoms. The molecule has 0 unspecified atom stereocenters. The van der Waals surface area contributed by atoms with Crippen LogP contribution in [0.3, 0.4) is 0 Å². The number of aryl methyl sites for hydroxylation is 2. The fourth-order valence-corrected chi connectivity index (χ4v) is 4.96. The minimum atomic E-state index is -1.60. The third kappa shape index (κ3) is 3.53. The van der Waals surface area contributed by atoms with Crippen LogP contribution < -0.4 is 4.74 Å². The van der Waals surface area contributed by atoms with Crippen molar-refractivity contribution in [2.24, 2.45) is 0 Å². The van der Waals surface area contributed by atoms with E-state index >= 15 is 0 Å². The number of aromatic carboxylic acids is 2. The topological polar surface area (TPSA) is 124 Å². The number of hydrogen-bond donors (Lipinski definition) is 4. The van der Waals surface area contributed by atoms with Crippen molar-refractivity contribution in [2.75, 3.05) is 0 Å². The highest BCUT2D eigenvalue weighted by atomic mass is 35.5. The Kier molecular flexibility index (Phi) is 5.60. The van der Waals surface area contributed by atoms with Crippen LogP contribution in [-0.4, -0.2) is 32.4 Å². The maximum Gasteiger partial charge on any atom is 0.338 e. The molecule has 0 amide bonds. The zero-order valence-corrected chi connectivity index (χ0v) is 19.3. The van der Waals surface area contributed by atoms with Crippen LogP contribution in [-0.2, 0) is 0 Å². The summed E-state index contributed by atoms with van der Waals surface area (Å²) >= 11 is 19.3. The SMILES string of the molecule is Cc1cc2c(cc1O)Oc1cc(O)c(C)cc1C2c1c(Cl)c(Cl)c(C(=O)O)c(C(=O)O)c1Cl. The zero-order chi connectivity index (χ0) is 24.4. The minimum absolute atomic E-state index is 0.0463. The molecule has 1 aliphatic rings. The first-order valence-electron chi connectivity index (χ1n) is 9.45. The van der Waals surface area contributed by atoms with Crippen LogP contribution in [0.25, 0.3) is 0 Å².